The van der Waals surface area contributed by atoms with Crippen molar-refractivity contribution >= 4 is 29.0 Å². The first-order chi connectivity index (χ1) is 8.08. The summed E-state index contributed by atoms with van der Waals surface area (Å²) in [4.78, 5) is 25.7. The molecule has 17 heavy (non-hydrogen) atoms. The molecule has 0 bridgehead atoms. The van der Waals surface area contributed by atoms with Crippen molar-refractivity contribution in [1.29, 1.82) is 0 Å². The highest BCUT2D eigenvalue weighted by Gasteiger charge is 2.47. The van der Waals surface area contributed by atoms with Crippen LogP contribution >= 0.6 is 12.2 Å². The third kappa shape index (κ3) is 2.08. The largest absolute Gasteiger partial charge is 0.391 e. The normalized spacial score (nSPS) is 24.8. The van der Waals surface area contributed by atoms with Gasteiger partial charge in [0.15, 0.2) is 0 Å². The molecule has 0 unspecified atom stereocenters. The maximum Gasteiger partial charge on any atom is 0.230 e. The molecule has 0 aromatic carbocycles. The molecule has 0 spiro atoms. The van der Waals surface area contributed by atoms with Crippen molar-refractivity contribution in [2.24, 2.45) is 5.73 Å². The number of hydrogen-bond acceptors (Lipinski definition) is 3. The first kappa shape index (κ1) is 12.5. The van der Waals surface area contributed by atoms with E-state index >= 15 is 0 Å². The summed E-state index contributed by atoms with van der Waals surface area (Å²) in [6.45, 7) is 0. The number of nitrogens with zero attached hydrogens (tertiary/aromatic N) is 1. The fourth-order valence-electron chi connectivity index (χ4n) is 2.95. The van der Waals surface area contributed by atoms with Crippen LogP contribution in [0.5, 0.6) is 0 Å². The Hall–Kier alpha value is -0.970. The summed E-state index contributed by atoms with van der Waals surface area (Å²) < 4.78 is 0. The molecular formula is C12H18N2O2S. The van der Waals surface area contributed by atoms with E-state index in [9.17, 15) is 9.59 Å². The Labute approximate surface area is 107 Å². The lowest BCUT2D eigenvalue weighted by molar-refractivity contribution is -0.154. The van der Waals surface area contributed by atoms with Crippen LogP contribution in [0.1, 0.15) is 51.4 Å². The van der Waals surface area contributed by atoms with Crippen LogP contribution in [-0.4, -0.2) is 27.2 Å². The molecule has 5 heteroatoms. The lowest BCUT2D eigenvalue weighted by Gasteiger charge is -2.45. The quantitative estimate of drug-likeness (QED) is 0.599. The van der Waals surface area contributed by atoms with Crippen molar-refractivity contribution in [1.82, 2.24) is 4.90 Å². The standard InChI is InChI=1S/C12H18N2O2S/c13-11(17)12(7-2-1-3-8-12)14-9(15)5-4-6-10(14)16/h1-8H2,(H2,13,17). The van der Waals surface area contributed by atoms with Gasteiger partial charge in [-0.2, -0.15) is 0 Å². The first-order valence-electron chi connectivity index (χ1n) is 6.24. The molecule has 2 N–H and O–H groups in total. The minimum Gasteiger partial charge on any atom is -0.391 e. The highest BCUT2D eigenvalue weighted by molar-refractivity contribution is 7.80. The zero-order valence-electron chi connectivity index (χ0n) is 9.91. The second-order valence-electron chi connectivity index (χ2n) is 4.93. The Morgan fingerprint density at radius 3 is 2.06 bits per heavy atom. The Morgan fingerprint density at radius 1 is 1.06 bits per heavy atom. The topological polar surface area (TPSA) is 63.4 Å². The summed E-state index contributed by atoms with van der Waals surface area (Å²) in [6.07, 6.45) is 6.09. The van der Waals surface area contributed by atoms with Crippen LogP contribution in [0, 0.1) is 0 Å². The lowest BCUT2D eigenvalue weighted by Crippen LogP contribution is -2.62. The van der Waals surface area contributed by atoms with Crippen LogP contribution < -0.4 is 5.73 Å². The van der Waals surface area contributed by atoms with E-state index in [0.717, 1.165) is 32.1 Å². The third-order valence-corrected chi connectivity index (χ3v) is 4.23. The van der Waals surface area contributed by atoms with Crippen molar-refractivity contribution < 1.29 is 9.59 Å². The number of rotatable bonds is 2. The molecule has 0 radical (unpaired) electrons. The molecule has 4 nitrogen and oxygen atoms in total. The van der Waals surface area contributed by atoms with Crippen LogP contribution in [0.2, 0.25) is 0 Å². The minimum atomic E-state index is -0.665. The maximum absolute atomic E-state index is 12.0. The van der Waals surface area contributed by atoms with Gasteiger partial charge in [-0.25, -0.2) is 0 Å². The Kier molecular flexibility index (Phi) is 3.47. The average molecular weight is 254 g/mol. The van der Waals surface area contributed by atoms with Crippen LogP contribution in [0.25, 0.3) is 0 Å². The molecule has 0 atom stereocenters. The molecule has 2 amide bonds. The van der Waals surface area contributed by atoms with Gasteiger partial charge in [0.05, 0.1) is 4.99 Å². The number of imide groups is 1. The number of thiocarbonyl (C=S) groups is 1. The average Bonchev–Trinajstić information content (AvgIpc) is 2.29. The van der Waals surface area contributed by atoms with Gasteiger partial charge in [0.2, 0.25) is 11.8 Å². The summed E-state index contributed by atoms with van der Waals surface area (Å²) >= 11 is 5.15. The van der Waals surface area contributed by atoms with E-state index in [1.807, 2.05) is 0 Å². The van der Waals surface area contributed by atoms with Gasteiger partial charge in [0.1, 0.15) is 5.54 Å². The van der Waals surface area contributed by atoms with Crippen molar-refractivity contribution in [3.05, 3.63) is 0 Å². The van der Waals surface area contributed by atoms with Crippen molar-refractivity contribution in [2.75, 3.05) is 0 Å². The van der Waals surface area contributed by atoms with Gasteiger partial charge >= 0.3 is 0 Å². The van der Waals surface area contributed by atoms with E-state index in [1.54, 1.807) is 0 Å². The summed E-state index contributed by atoms with van der Waals surface area (Å²) in [7, 11) is 0. The van der Waals surface area contributed by atoms with Crippen LogP contribution in [0.3, 0.4) is 0 Å². The molecule has 94 valence electrons. The molecule has 1 heterocycles. The number of hydrogen-bond donors (Lipinski definition) is 1. The van der Waals surface area contributed by atoms with E-state index in [0.29, 0.717) is 24.3 Å². The molecule has 1 saturated heterocycles. The van der Waals surface area contributed by atoms with Crippen LogP contribution in [0.4, 0.5) is 0 Å². The Bertz CT molecular complexity index is 346. The fourth-order valence-corrected chi connectivity index (χ4v) is 3.24. The number of piperidine rings is 1. The predicted octanol–water partition coefficient (Wildman–Crippen LogP) is 1.51. The van der Waals surface area contributed by atoms with Crippen LogP contribution in [0.15, 0.2) is 0 Å². The van der Waals surface area contributed by atoms with Gasteiger partial charge in [-0.3, -0.25) is 14.5 Å². The second kappa shape index (κ2) is 4.72. The van der Waals surface area contributed by atoms with E-state index in [2.05, 4.69) is 0 Å². The van der Waals surface area contributed by atoms with E-state index in [1.165, 1.54) is 4.90 Å². The highest BCUT2D eigenvalue weighted by atomic mass is 32.1. The van der Waals surface area contributed by atoms with Gasteiger partial charge in [-0.05, 0) is 19.3 Å². The Morgan fingerprint density at radius 2 is 1.59 bits per heavy atom. The number of nitrogens with two attached hydrogens (primary N) is 1. The number of carbonyl (C=O) groups excluding carboxylic acids is 2. The number of carbonyl (C=O) groups is 2. The third-order valence-electron chi connectivity index (χ3n) is 3.85. The molecule has 1 aliphatic heterocycles. The summed E-state index contributed by atoms with van der Waals surface area (Å²) in [5.41, 5.74) is 5.18. The monoisotopic (exact) mass is 254 g/mol. The molecule has 0 aromatic rings. The summed E-state index contributed by atoms with van der Waals surface area (Å²) in [5.74, 6) is -0.202. The molecule has 2 rings (SSSR count). The first-order valence-corrected chi connectivity index (χ1v) is 6.64. The molecule has 2 fully saturated rings. The van der Waals surface area contributed by atoms with E-state index in [-0.39, 0.29) is 11.8 Å². The van der Waals surface area contributed by atoms with Gasteiger partial charge in [0, 0.05) is 12.8 Å². The molecule has 0 aromatic heterocycles. The van der Waals surface area contributed by atoms with Gasteiger partial charge < -0.3 is 5.73 Å². The molecule has 1 saturated carbocycles. The van der Waals surface area contributed by atoms with Gasteiger partial charge in [-0.15, -0.1) is 0 Å². The number of likely N-dealkylation sites (tertiary alicyclic amines) is 1. The highest BCUT2D eigenvalue weighted by Crippen LogP contribution is 2.36. The van der Waals surface area contributed by atoms with Crippen molar-refractivity contribution in [3.63, 3.8) is 0 Å². The van der Waals surface area contributed by atoms with E-state index < -0.39 is 5.54 Å². The molecule has 2 aliphatic rings. The van der Waals surface area contributed by atoms with Crippen molar-refractivity contribution in [2.45, 2.75) is 56.9 Å². The zero-order chi connectivity index (χ0) is 12.5. The second-order valence-corrected chi connectivity index (χ2v) is 5.37. The lowest BCUT2D eigenvalue weighted by atomic mass is 9.79. The van der Waals surface area contributed by atoms with E-state index in [4.69, 9.17) is 18.0 Å². The summed E-state index contributed by atoms with van der Waals surface area (Å²) in [5, 5.41) is 0. The van der Waals surface area contributed by atoms with Gasteiger partial charge in [0.25, 0.3) is 0 Å². The SMILES string of the molecule is NC(=S)C1(N2C(=O)CCCC2=O)CCCCC1. The minimum absolute atomic E-state index is 0.101. The molecule has 1 aliphatic carbocycles. The molecular weight excluding hydrogens is 236 g/mol. The van der Waals surface area contributed by atoms with Crippen LogP contribution in [-0.2, 0) is 9.59 Å². The summed E-state index contributed by atoms with van der Waals surface area (Å²) in [6, 6.07) is 0. The van der Waals surface area contributed by atoms with Crippen molar-refractivity contribution in [3.8, 4) is 0 Å². The maximum atomic E-state index is 12.0. The fraction of sp³-hybridized carbons (Fsp3) is 0.750. The zero-order valence-corrected chi connectivity index (χ0v) is 10.7. The Balaban J connectivity index is 2.34. The van der Waals surface area contributed by atoms with Gasteiger partial charge in [-0.1, -0.05) is 31.5 Å². The smallest absolute Gasteiger partial charge is 0.230 e. The predicted molar refractivity (Wildman–Crippen MR) is 68.3 cm³/mol. The number of amides is 2.